The highest BCUT2D eigenvalue weighted by Crippen LogP contribution is 2.42. The van der Waals surface area contributed by atoms with Gasteiger partial charge in [-0.3, -0.25) is 24.4 Å². The van der Waals surface area contributed by atoms with Crippen LogP contribution in [0.4, 0.5) is 4.79 Å². The number of amides is 5. The smallest absolute Gasteiger partial charge is 0.320 e. The van der Waals surface area contributed by atoms with Gasteiger partial charge in [0.25, 0.3) is 5.91 Å². The quantitative estimate of drug-likeness (QED) is 0.195. The molecule has 4 aliphatic rings. The zero-order valence-corrected chi connectivity index (χ0v) is 41.1. The number of morpholine rings is 1. The summed E-state index contributed by atoms with van der Waals surface area (Å²) in [5.41, 5.74) is 10.3. The normalized spacial score (nSPS) is 23.1. The van der Waals surface area contributed by atoms with Crippen molar-refractivity contribution in [2.24, 2.45) is 11.3 Å². The molecule has 360 valence electrons. The number of fused-ring (bicyclic) bond motifs is 7. The van der Waals surface area contributed by atoms with Crippen LogP contribution in [0.2, 0.25) is 0 Å². The van der Waals surface area contributed by atoms with Gasteiger partial charge in [-0.25, -0.2) is 15.2 Å². The minimum atomic E-state index is -0.985. The van der Waals surface area contributed by atoms with Gasteiger partial charge in [-0.1, -0.05) is 40.3 Å². The number of pyridine rings is 1. The van der Waals surface area contributed by atoms with Crippen molar-refractivity contribution in [1.29, 1.82) is 0 Å². The van der Waals surface area contributed by atoms with Crippen LogP contribution in [0.25, 0.3) is 33.4 Å². The SMILES string of the molecule is C=CC(=O)N1CCO[C@H]2CN(C(=O)N(C)[C@H](C(=O)N[C@H]3Cc4nc(cs4)-c4ccc5c(c4)c(c(-c4cccnc4[C@H](C)OC)n5CC)CC(C)(C)COC[C@@H]4CCCN(N4)C3=O)C(C)C)C[C@H]21. The Labute approximate surface area is 398 Å². The Kier molecular flexibility index (Phi) is 14.5. The average molecular weight is 938 g/mol. The van der Waals surface area contributed by atoms with Crippen LogP contribution >= 0.6 is 11.3 Å². The first-order valence-electron chi connectivity index (χ1n) is 23.7. The summed E-state index contributed by atoms with van der Waals surface area (Å²) in [5.74, 6) is -1.22. The molecule has 7 heterocycles. The van der Waals surface area contributed by atoms with Crippen molar-refractivity contribution in [3.63, 3.8) is 0 Å². The lowest BCUT2D eigenvalue weighted by Gasteiger charge is -2.37. The predicted molar refractivity (Wildman–Crippen MR) is 258 cm³/mol. The van der Waals surface area contributed by atoms with Crippen molar-refractivity contribution < 1.29 is 33.4 Å². The molecular formula is C50H67N9O7S. The first-order chi connectivity index (χ1) is 32.1. The summed E-state index contributed by atoms with van der Waals surface area (Å²) >= 11 is 1.45. The molecule has 0 spiro atoms. The number of rotatable bonds is 9. The summed E-state index contributed by atoms with van der Waals surface area (Å²) in [6.45, 7) is 19.5. The molecule has 8 rings (SSSR count). The van der Waals surface area contributed by atoms with Crippen LogP contribution in [0.3, 0.4) is 0 Å². The molecule has 6 atom stereocenters. The van der Waals surface area contributed by atoms with Gasteiger partial charge in [-0.2, -0.15) is 0 Å². The number of carbonyl (C=O) groups excluding carboxylic acids is 4. The Morgan fingerprint density at radius 3 is 2.72 bits per heavy atom. The molecule has 4 aromatic rings. The van der Waals surface area contributed by atoms with E-state index in [2.05, 4.69) is 66.9 Å². The number of urea groups is 1. The van der Waals surface area contributed by atoms with E-state index in [1.807, 2.05) is 38.4 Å². The lowest BCUT2D eigenvalue weighted by molar-refractivity contribution is -0.143. The van der Waals surface area contributed by atoms with Crippen LogP contribution in [-0.2, 0) is 48.0 Å². The van der Waals surface area contributed by atoms with E-state index in [4.69, 9.17) is 24.2 Å². The highest BCUT2D eigenvalue weighted by Gasteiger charge is 2.45. The third-order valence-corrected chi connectivity index (χ3v) is 14.7. The number of carbonyl (C=O) groups is 4. The molecule has 0 unspecified atom stereocenters. The number of thiazole rings is 1. The number of hydrogen-bond acceptors (Lipinski definition) is 11. The van der Waals surface area contributed by atoms with Crippen LogP contribution in [0.15, 0.2) is 54.6 Å². The topological polar surface area (TPSA) is 164 Å². The van der Waals surface area contributed by atoms with E-state index in [0.29, 0.717) is 37.9 Å². The van der Waals surface area contributed by atoms with Crippen LogP contribution in [-0.4, -0.2) is 148 Å². The second-order valence-corrected chi connectivity index (χ2v) is 20.5. The summed E-state index contributed by atoms with van der Waals surface area (Å²) in [5, 5.41) is 8.56. The van der Waals surface area contributed by atoms with E-state index in [1.165, 1.54) is 27.9 Å². The van der Waals surface area contributed by atoms with Gasteiger partial charge >= 0.3 is 6.03 Å². The molecule has 16 nitrogen and oxygen atoms in total. The van der Waals surface area contributed by atoms with Crippen LogP contribution in [0.5, 0.6) is 0 Å². The van der Waals surface area contributed by atoms with E-state index < -0.39 is 18.0 Å². The number of nitrogens with one attached hydrogen (secondary N) is 2. The van der Waals surface area contributed by atoms with Crippen molar-refractivity contribution in [2.75, 3.05) is 60.2 Å². The summed E-state index contributed by atoms with van der Waals surface area (Å²) in [6, 6.07) is 7.97. The van der Waals surface area contributed by atoms with E-state index in [9.17, 15) is 19.2 Å². The molecule has 3 saturated heterocycles. The summed E-state index contributed by atoms with van der Waals surface area (Å²) < 4.78 is 20.7. The Bertz CT molecular complexity index is 2490. The standard InChI is InChI=1S/C50H67N9O7S/c1-10-43(60)58-20-21-66-41-26-56(25-40(41)58)49(63)55(8)45(30(3)4)47(61)53-37-23-42-52-38(28-67-42)32-16-17-39-35(22-32)36(46(57(39)11-2)34-15-12-18-51-44(34)31(5)64-9)24-50(6,7)29-65-27-33-14-13-19-59(54-33)48(37)62/h10,12,15-18,22,28,30-31,33,37,40-41,45,54H,1,11,13-14,19-21,23-27,29H2,2-9H3,(H,53,61)/t31-,33-,37-,40+,41-,45-/m0/s1. The number of likely N-dealkylation sites (N-methyl/N-ethyl adjacent to an activating group) is 1. The number of methoxy groups -OCH3 is 1. The first kappa shape index (κ1) is 48.3. The fourth-order valence-corrected chi connectivity index (χ4v) is 11.3. The molecule has 5 amide bonds. The minimum Gasteiger partial charge on any atom is -0.379 e. The maximum Gasteiger partial charge on any atom is 0.320 e. The number of benzene rings is 1. The van der Waals surface area contributed by atoms with Gasteiger partial charge < -0.3 is 38.8 Å². The predicted octanol–water partition coefficient (Wildman–Crippen LogP) is 5.85. The van der Waals surface area contributed by atoms with E-state index >= 15 is 0 Å². The van der Waals surface area contributed by atoms with Gasteiger partial charge in [0.05, 0.1) is 66.7 Å². The average Bonchev–Trinajstić information content (AvgIpc) is 4.06. The van der Waals surface area contributed by atoms with Crippen molar-refractivity contribution >= 4 is 46.0 Å². The molecule has 1 aromatic carbocycles. The summed E-state index contributed by atoms with van der Waals surface area (Å²) in [4.78, 5) is 70.9. The van der Waals surface area contributed by atoms with Gasteiger partial charge in [-0.05, 0) is 80.3 Å². The van der Waals surface area contributed by atoms with Crippen molar-refractivity contribution in [3.05, 3.63) is 70.8 Å². The van der Waals surface area contributed by atoms with Crippen LogP contribution in [0, 0.1) is 11.3 Å². The molecule has 3 aromatic heterocycles. The summed E-state index contributed by atoms with van der Waals surface area (Å²) in [7, 11) is 3.33. The first-order valence-corrected chi connectivity index (χ1v) is 24.6. The third-order valence-electron chi connectivity index (χ3n) is 13.8. The number of nitrogens with zero attached hydrogens (tertiary/aromatic N) is 7. The highest BCUT2D eigenvalue weighted by molar-refractivity contribution is 7.10. The molecule has 0 aliphatic carbocycles. The lowest BCUT2D eigenvalue weighted by atomic mass is 9.84. The molecule has 3 fully saturated rings. The minimum absolute atomic E-state index is 0.123. The van der Waals surface area contributed by atoms with Gasteiger partial charge in [0.2, 0.25) is 11.8 Å². The van der Waals surface area contributed by atoms with Crippen LogP contribution in [0.1, 0.15) is 76.8 Å². The highest BCUT2D eigenvalue weighted by atomic mass is 32.1. The Morgan fingerprint density at radius 1 is 1.16 bits per heavy atom. The fraction of sp³-hybridized carbons (Fsp3) is 0.560. The van der Waals surface area contributed by atoms with Gasteiger partial charge in [0.1, 0.15) is 12.1 Å². The molecule has 0 saturated carbocycles. The van der Waals surface area contributed by atoms with Gasteiger partial charge in [0, 0.05) is 86.4 Å². The second-order valence-electron chi connectivity index (χ2n) is 19.5. The van der Waals surface area contributed by atoms with Crippen molar-refractivity contribution in [1.82, 2.24) is 45.0 Å². The monoisotopic (exact) mass is 937 g/mol. The third kappa shape index (κ3) is 9.89. The largest absolute Gasteiger partial charge is 0.379 e. The zero-order chi connectivity index (χ0) is 47.7. The molecule has 4 aliphatic heterocycles. The molecule has 17 heteroatoms. The molecular weight excluding hydrogens is 871 g/mol. The Hall–Kier alpha value is -5.20. The fourth-order valence-electron chi connectivity index (χ4n) is 10.5. The van der Waals surface area contributed by atoms with Crippen LogP contribution < -0.4 is 10.7 Å². The molecule has 67 heavy (non-hydrogen) atoms. The molecule has 6 bridgehead atoms. The second kappa shape index (κ2) is 20.2. The molecule has 0 radical (unpaired) electrons. The van der Waals surface area contributed by atoms with E-state index in [-0.39, 0.29) is 73.0 Å². The lowest BCUT2D eigenvalue weighted by Crippen LogP contribution is -2.62. The number of hydrazine groups is 1. The zero-order valence-electron chi connectivity index (χ0n) is 40.2. The number of hydrogen-bond donors (Lipinski definition) is 2. The van der Waals surface area contributed by atoms with Crippen molar-refractivity contribution in [2.45, 2.75) is 110 Å². The number of aromatic nitrogens is 3. The van der Waals surface area contributed by atoms with Crippen molar-refractivity contribution in [3.8, 4) is 22.5 Å². The maximum atomic E-state index is 14.7. The number of likely N-dealkylation sites (tertiary alicyclic amines) is 1. The van der Waals surface area contributed by atoms with Gasteiger partial charge in [0.15, 0.2) is 0 Å². The maximum absolute atomic E-state index is 14.7. The number of ether oxygens (including phenoxy) is 3. The summed E-state index contributed by atoms with van der Waals surface area (Å²) in [6.07, 6.45) is 5.02. The Balaban J connectivity index is 1.12. The van der Waals surface area contributed by atoms with E-state index in [1.54, 1.807) is 29.0 Å². The van der Waals surface area contributed by atoms with Gasteiger partial charge in [-0.15, -0.1) is 11.3 Å². The van der Waals surface area contributed by atoms with E-state index in [0.717, 1.165) is 64.9 Å². The Morgan fingerprint density at radius 2 is 1.97 bits per heavy atom. The number of aryl methyl sites for hydroxylation is 1. The molecule has 2 N–H and O–H groups in total.